The van der Waals surface area contributed by atoms with E-state index < -0.39 is 6.03 Å². The summed E-state index contributed by atoms with van der Waals surface area (Å²) >= 11 is 5.90. The molecule has 0 saturated carbocycles. The number of anilines is 1. The molecule has 2 amide bonds. The second kappa shape index (κ2) is 10.1. The molecular weight excluding hydrogens is 484 g/mol. The topological polar surface area (TPSA) is 53.6 Å². The molecule has 2 N–H and O–H groups in total. The number of nitrogens with zero attached hydrogens (tertiary/aromatic N) is 1. The fourth-order valence-corrected chi connectivity index (χ4v) is 3.91. The smallest absolute Gasteiger partial charge is 0.340 e. The number of rotatable bonds is 5. The molecule has 4 aromatic rings. The fourth-order valence-electron chi connectivity index (χ4n) is 3.78. The van der Waals surface area contributed by atoms with Crippen LogP contribution in [0.2, 0.25) is 5.02 Å². The van der Waals surface area contributed by atoms with Gasteiger partial charge in [-0.1, -0.05) is 23.7 Å². The van der Waals surface area contributed by atoms with Crippen molar-refractivity contribution in [3.05, 3.63) is 125 Å². The van der Waals surface area contributed by atoms with E-state index >= 15 is 0 Å². The summed E-state index contributed by atoms with van der Waals surface area (Å²) in [4.78, 5) is 13.0. The molecule has 0 fully saturated rings. The summed E-state index contributed by atoms with van der Waals surface area (Å²) in [6.45, 7) is 0.224. The van der Waals surface area contributed by atoms with Crippen LogP contribution in [0, 0.1) is 11.6 Å². The number of amides is 2. The van der Waals surface area contributed by atoms with E-state index in [1.165, 1.54) is 29.3 Å². The standard InChI is InChI=1S/C28H20ClF2N3O2/c29-20-5-13-24(14-6-20)36-25-15-11-23(12-16-25)32-28(35)34-17-26(18-1-7-21(30)8-2-18)27(33-34)19-3-9-22(31)10-4-19/h1-16,33H,17H2,(H,32,35). The molecule has 8 heteroatoms. The first kappa shape index (κ1) is 23.4. The first-order valence-electron chi connectivity index (χ1n) is 11.1. The van der Waals surface area contributed by atoms with Gasteiger partial charge >= 0.3 is 6.03 Å². The van der Waals surface area contributed by atoms with Crippen LogP contribution in [0.15, 0.2) is 97.1 Å². The van der Waals surface area contributed by atoms with E-state index in [2.05, 4.69) is 10.7 Å². The predicted molar refractivity (Wildman–Crippen MR) is 136 cm³/mol. The van der Waals surface area contributed by atoms with E-state index in [4.69, 9.17) is 16.3 Å². The van der Waals surface area contributed by atoms with Gasteiger partial charge in [-0.3, -0.25) is 5.43 Å². The molecule has 0 aliphatic carbocycles. The molecule has 1 aliphatic rings. The molecule has 0 unspecified atom stereocenters. The highest BCUT2D eigenvalue weighted by molar-refractivity contribution is 6.30. The van der Waals surface area contributed by atoms with Crippen molar-refractivity contribution in [1.82, 2.24) is 10.4 Å². The van der Waals surface area contributed by atoms with Gasteiger partial charge in [0, 0.05) is 16.3 Å². The van der Waals surface area contributed by atoms with Crippen LogP contribution in [0.25, 0.3) is 11.3 Å². The molecule has 0 bridgehead atoms. The van der Waals surface area contributed by atoms with Crippen LogP contribution in [-0.2, 0) is 0 Å². The van der Waals surface area contributed by atoms with E-state index in [1.807, 2.05) is 0 Å². The van der Waals surface area contributed by atoms with Gasteiger partial charge in [0.1, 0.15) is 23.1 Å². The average Bonchev–Trinajstić information content (AvgIpc) is 3.33. The number of urea groups is 1. The first-order chi connectivity index (χ1) is 17.4. The molecule has 0 spiro atoms. The number of halogens is 3. The van der Waals surface area contributed by atoms with Crippen molar-refractivity contribution >= 4 is 34.6 Å². The van der Waals surface area contributed by atoms with Gasteiger partial charge in [-0.2, -0.15) is 0 Å². The van der Waals surface area contributed by atoms with Gasteiger partial charge in [0.15, 0.2) is 0 Å². The first-order valence-corrected chi connectivity index (χ1v) is 11.5. The van der Waals surface area contributed by atoms with Crippen LogP contribution < -0.4 is 15.5 Å². The maximum absolute atomic E-state index is 13.5. The van der Waals surface area contributed by atoms with Gasteiger partial charge < -0.3 is 10.1 Å². The summed E-state index contributed by atoms with van der Waals surface area (Å²) in [7, 11) is 0. The number of hydrogen-bond donors (Lipinski definition) is 2. The maximum atomic E-state index is 13.5. The fraction of sp³-hybridized carbons (Fsp3) is 0.0357. The molecule has 0 radical (unpaired) electrons. The average molecular weight is 504 g/mol. The zero-order valence-corrected chi connectivity index (χ0v) is 19.6. The van der Waals surface area contributed by atoms with Crippen LogP contribution in [0.4, 0.5) is 19.3 Å². The third kappa shape index (κ3) is 5.31. The minimum atomic E-state index is -0.391. The summed E-state index contributed by atoms with van der Waals surface area (Å²) in [5.74, 6) is 0.532. The summed E-state index contributed by atoms with van der Waals surface area (Å²) in [6, 6.07) is 25.5. The van der Waals surface area contributed by atoms with Crippen LogP contribution >= 0.6 is 11.6 Å². The molecule has 0 atom stereocenters. The molecule has 1 aliphatic heterocycles. The Labute approximate surface area is 211 Å². The Morgan fingerprint density at radius 3 is 1.89 bits per heavy atom. The Morgan fingerprint density at radius 1 is 0.778 bits per heavy atom. The molecule has 1 heterocycles. The molecule has 0 saturated heterocycles. The van der Waals surface area contributed by atoms with Gasteiger partial charge in [0.25, 0.3) is 0 Å². The number of nitrogens with one attached hydrogen (secondary N) is 2. The Hall–Kier alpha value is -4.36. The van der Waals surface area contributed by atoms with Gasteiger partial charge in [-0.05, 0) is 96.1 Å². The quantitative estimate of drug-likeness (QED) is 0.300. The van der Waals surface area contributed by atoms with Crippen molar-refractivity contribution in [3.8, 4) is 11.5 Å². The summed E-state index contributed by atoms with van der Waals surface area (Å²) in [5, 5.41) is 4.88. The molecular formula is C28H20ClF2N3O2. The predicted octanol–water partition coefficient (Wildman–Crippen LogP) is 7.33. The largest absolute Gasteiger partial charge is 0.457 e. The number of ether oxygens (including phenoxy) is 1. The second-order valence-corrected chi connectivity index (χ2v) is 8.51. The van der Waals surface area contributed by atoms with Gasteiger partial charge in [0.05, 0.1) is 12.2 Å². The molecule has 4 aromatic carbocycles. The minimum Gasteiger partial charge on any atom is -0.457 e. The lowest BCUT2D eigenvalue weighted by Gasteiger charge is -2.19. The number of hydrogen-bond acceptors (Lipinski definition) is 3. The third-order valence-corrected chi connectivity index (χ3v) is 5.84. The van der Waals surface area contributed by atoms with Crippen molar-refractivity contribution in [1.29, 1.82) is 0 Å². The molecule has 180 valence electrons. The Kier molecular flexibility index (Phi) is 6.56. The summed E-state index contributed by atoms with van der Waals surface area (Å²) in [6.07, 6.45) is 0. The summed E-state index contributed by atoms with van der Waals surface area (Å²) < 4.78 is 32.8. The van der Waals surface area contributed by atoms with E-state index in [9.17, 15) is 13.6 Å². The Morgan fingerprint density at radius 2 is 1.31 bits per heavy atom. The van der Waals surface area contributed by atoms with Gasteiger partial charge in [-0.25, -0.2) is 18.6 Å². The number of carbonyl (C=O) groups excluding carboxylic acids is 1. The SMILES string of the molecule is O=C(Nc1ccc(Oc2ccc(Cl)cc2)cc1)N1CC(c2ccc(F)cc2)=C(c2ccc(F)cc2)N1. The highest BCUT2D eigenvalue weighted by atomic mass is 35.5. The van der Waals surface area contributed by atoms with E-state index in [-0.39, 0.29) is 18.2 Å². The number of hydrazine groups is 1. The zero-order valence-electron chi connectivity index (χ0n) is 18.8. The van der Waals surface area contributed by atoms with Gasteiger partial charge in [0.2, 0.25) is 0 Å². The molecule has 36 heavy (non-hydrogen) atoms. The van der Waals surface area contributed by atoms with E-state index in [0.717, 1.165) is 11.1 Å². The lowest BCUT2D eigenvalue weighted by Crippen LogP contribution is -2.40. The van der Waals surface area contributed by atoms with E-state index in [0.29, 0.717) is 33.5 Å². The van der Waals surface area contributed by atoms with Crippen molar-refractivity contribution in [2.45, 2.75) is 0 Å². The highest BCUT2D eigenvalue weighted by Crippen LogP contribution is 2.31. The van der Waals surface area contributed by atoms with Crippen molar-refractivity contribution in [3.63, 3.8) is 0 Å². The lowest BCUT2D eigenvalue weighted by molar-refractivity contribution is 0.210. The zero-order chi connectivity index (χ0) is 25.1. The van der Waals surface area contributed by atoms with Crippen LogP contribution in [-0.4, -0.2) is 17.6 Å². The Bertz CT molecular complexity index is 1350. The Balaban J connectivity index is 1.30. The normalized spacial score (nSPS) is 12.9. The van der Waals surface area contributed by atoms with Gasteiger partial charge in [-0.15, -0.1) is 0 Å². The number of carbonyl (C=O) groups is 1. The van der Waals surface area contributed by atoms with Crippen LogP contribution in [0.5, 0.6) is 11.5 Å². The van der Waals surface area contributed by atoms with Crippen molar-refractivity contribution in [2.24, 2.45) is 0 Å². The van der Waals surface area contributed by atoms with E-state index in [1.54, 1.807) is 72.8 Å². The van der Waals surface area contributed by atoms with Crippen LogP contribution in [0.1, 0.15) is 11.1 Å². The third-order valence-electron chi connectivity index (χ3n) is 5.59. The highest BCUT2D eigenvalue weighted by Gasteiger charge is 2.27. The van der Waals surface area contributed by atoms with Crippen LogP contribution in [0.3, 0.4) is 0 Å². The molecule has 5 rings (SSSR count). The lowest BCUT2D eigenvalue weighted by atomic mass is 10.0. The van der Waals surface area contributed by atoms with Crippen molar-refractivity contribution < 1.29 is 18.3 Å². The monoisotopic (exact) mass is 503 g/mol. The molecule has 0 aromatic heterocycles. The van der Waals surface area contributed by atoms with Crippen molar-refractivity contribution in [2.75, 3.05) is 11.9 Å². The number of benzene rings is 4. The molecule has 5 nitrogen and oxygen atoms in total. The maximum Gasteiger partial charge on any atom is 0.340 e. The second-order valence-electron chi connectivity index (χ2n) is 8.08. The minimum absolute atomic E-state index is 0.224. The summed E-state index contributed by atoms with van der Waals surface area (Å²) in [5.41, 5.74) is 6.56.